The number of hydrogen-bond donors (Lipinski definition) is 0. The van der Waals surface area contributed by atoms with Crippen molar-refractivity contribution in [3.8, 4) is 0 Å². The minimum absolute atomic E-state index is 0.258. The van der Waals surface area contributed by atoms with Crippen molar-refractivity contribution in [2.24, 2.45) is 0 Å². The Balaban J connectivity index is 2.79. The predicted octanol–water partition coefficient (Wildman–Crippen LogP) is 3.16. The molecule has 1 aromatic carbocycles. The molecular weight excluding hydrogens is 250 g/mol. The third-order valence-electron chi connectivity index (χ3n) is 4.17. The van der Waals surface area contributed by atoms with Gasteiger partial charge in [0.15, 0.2) is 0 Å². The van der Waals surface area contributed by atoms with Gasteiger partial charge in [0.25, 0.3) is 0 Å². The minimum atomic E-state index is -0.345. The number of carbonyl (C=O) groups is 1. The highest BCUT2D eigenvalue weighted by molar-refractivity contribution is 5.81. The van der Waals surface area contributed by atoms with Gasteiger partial charge < -0.3 is 9.22 Å². The van der Waals surface area contributed by atoms with Crippen molar-refractivity contribution in [1.82, 2.24) is 0 Å². The van der Waals surface area contributed by atoms with E-state index in [0.29, 0.717) is 6.61 Å². The third kappa shape index (κ3) is 4.20. The Morgan fingerprint density at radius 2 is 1.90 bits per heavy atom. The summed E-state index contributed by atoms with van der Waals surface area (Å²) >= 11 is 0. The zero-order valence-electron chi connectivity index (χ0n) is 12.8. The Hall–Kier alpha value is -1.61. The van der Waals surface area contributed by atoms with Gasteiger partial charge in [-0.2, -0.15) is 0 Å². The van der Waals surface area contributed by atoms with Gasteiger partial charge in [-0.15, -0.1) is 0 Å². The van der Waals surface area contributed by atoms with Gasteiger partial charge in [-0.3, -0.25) is 0 Å². The van der Waals surface area contributed by atoms with Crippen LogP contribution in [0.5, 0.6) is 0 Å². The zero-order valence-corrected chi connectivity index (χ0v) is 12.8. The van der Waals surface area contributed by atoms with Gasteiger partial charge in [0.05, 0.1) is 13.1 Å². The summed E-state index contributed by atoms with van der Waals surface area (Å²) in [6.07, 6.45) is 1.22. The number of quaternary nitrogens is 1. The Kier molecular flexibility index (Phi) is 6.46. The van der Waals surface area contributed by atoms with E-state index in [1.807, 2.05) is 6.07 Å². The molecule has 0 aromatic heterocycles. The van der Waals surface area contributed by atoms with Crippen molar-refractivity contribution in [2.75, 3.05) is 19.7 Å². The average molecular weight is 276 g/mol. The molecule has 1 aromatic rings. The van der Waals surface area contributed by atoms with Crippen molar-refractivity contribution in [2.45, 2.75) is 33.4 Å². The fourth-order valence-electron chi connectivity index (χ4n) is 2.59. The fourth-order valence-corrected chi connectivity index (χ4v) is 2.59. The van der Waals surface area contributed by atoms with Crippen LogP contribution in [0.3, 0.4) is 0 Å². The summed E-state index contributed by atoms with van der Waals surface area (Å²) in [6, 6.07) is 10.7. The van der Waals surface area contributed by atoms with Crippen LogP contribution >= 0.6 is 0 Å². The molecule has 1 rings (SSSR count). The van der Waals surface area contributed by atoms with Crippen LogP contribution in [0.1, 0.15) is 26.3 Å². The molecule has 0 aliphatic heterocycles. The van der Waals surface area contributed by atoms with Gasteiger partial charge in [0.1, 0.15) is 19.2 Å². The SMILES string of the molecule is C=CC(=O)OCC(C)[N+](CC)(CC)Cc1ccccc1. The monoisotopic (exact) mass is 276 g/mol. The predicted molar refractivity (Wildman–Crippen MR) is 82.1 cm³/mol. The lowest BCUT2D eigenvalue weighted by Gasteiger charge is -2.42. The summed E-state index contributed by atoms with van der Waals surface area (Å²) in [6.45, 7) is 13.4. The molecule has 0 spiro atoms. The van der Waals surface area contributed by atoms with Crippen molar-refractivity contribution < 1.29 is 14.0 Å². The van der Waals surface area contributed by atoms with E-state index in [0.717, 1.165) is 24.1 Å². The molecule has 0 N–H and O–H groups in total. The Morgan fingerprint density at radius 1 is 1.30 bits per heavy atom. The van der Waals surface area contributed by atoms with Crippen molar-refractivity contribution >= 4 is 5.97 Å². The number of likely N-dealkylation sites (N-methyl/N-ethyl adjacent to an activating group) is 1. The van der Waals surface area contributed by atoms with Crippen LogP contribution in [-0.4, -0.2) is 36.2 Å². The Morgan fingerprint density at radius 3 is 2.40 bits per heavy atom. The first kappa shape index (κ1) is 16.4. The average Bonchev–Trinajstić information content (AvgIpc) is 2.50. The molecule has 0 saturated carbocycles. The van der Waals surface area contributed by atoms with Gasteiger partial charge in [-0.1, -0.05) is 36.9 Å². The van der Waals surface area contributed by atoms with Crippen LogP contribution in [0.25, 0.3) is 0 Å². The standard InChI is InChI=1S/C17H26NO2/c1-5-17(19)20-14-15(4)18(6-2,7-3)13-16-11-9-8-10-12-16/h5,8-12,15H,1,6-7,13-14H2,2-4H3/q+1. The number of nitrogens with zero attached hydrogens (tertiary/aromatic N) is 1. The number of ether oxygens (including phenoxy) is 1. The van der Waals surface area contributed by atoms with E-state index in [9.17, 15) is 4.79 Å². The lowest BCUT2D eigenvalue weighted by Crippen LogP contribution is -2.55. The normalized spacial score (nSPS) is 12.8. The zero-order chi connectivity index (χ0) is 15.0. The number of rotatable bonds is 8. The molecule has 0 radical (unpaired) electrons. The molecule has 0 aliphatic rings. The fraction of sp³-hybridized carbons (Fsp3) is 0.471. The van der Waals surface area contributed by atoms with Gasteiger partial charge >= 0.3 is 5.97 Å². The van der Waals surface area contributed by atoms with Crippen LogP contribution in [-0.2, 0) is 16.1 Å². The topological polar surface area (TPSA) is 26.3 Å². The maximum absolute atomic E-state index is 11.2. The highest BCUT2D eigenvalue weighted by Crippen LogP contribution is 2.19. The lowest BCUT2D eigenvalue weighted by molar-refractivity contribution is -0.959. The van der Waals surface area contributed by atoms with Crippen molar-refractivity contribution in [3.63, 3.8) is 0 Å². The number of esters is 1. The second kappa shape index (κ2) is 7.85. The number of carbonyl (C=O) groups excluding carboxylic acids is 1. The molecule has 0 heterocycles. The summed E-state index contributed by atoms with van der Waals surface area (Å²) in [7, 11) is 0. The quantitative estimate of drug-likeness (QED) is 0.414. The molecule has 0 saturated heterocycles. The van der Waals surface area contributed by atoms with E-state index >= 15 is 0 Å². The van der Waals surface area contributed by atoms with Crippen LogP contribution in [0.15, 0.2) is 43.0 Å². The number of benzene rings is 1. The molecule has 0 bridgehead atoms. The molecule has 110 valence electrons. The first-order valence-corrected chi connectivity index (χ1v) is 7.26. The molecule has 3 heteroatoms. The van der Waals surface area contributed by atoms with Gasteiger partial charge in [0, 0.05) is 11.6 Å². The molecular formula is C17H26NO2+. The maximum atomic E-state index is 11.2. The van der Waals surface area contributed by atoms with Crippen LogP contribution in [0, 0.1) is 0 Å². The summed E-state index contributed by atoms with van der Waals surface area (Å²) in [5.74, 6) is -0.345. The highest BCUT2D eigenvalue weighted by Gasteiger charge is 2.31. The van der Waals surface area contributed by atoms with Crippen molar-refractivity contribution in [1.29, 1.82) is 0 Å². The van der Waals surface area contributed by atoms with Crippen LogP contribution in [0.2, 0.25) is 0 Å². The molecule has 1 atom stereocenters. The first-order valence-electron chi connectivity index (χ1n) is 7.26. The third-order valence-corrected chi connectivity index (χ3v) is 4.17. The van der Waals surface area contributed by atoms with Crippen LogP contribution < -0.4 is 0 Å². The largest absolute Gasteiger partial charge is 0.456 e. The van der Waals surface area contributed by atoms with E-state index in [2.05, 4.69) is 51.6 Å². The van der Waals surface area contributed by atoms with E-state index in [1.165, 1.54) is 11.6 Å². The van der Waals surface area contributed by atoms with Gasteiger partial charge in [-0.05, 0) is 20.8 Å². The van der Waals surface area contributed by atoms with E-state index in [4.69, 9.17) is 4.74 Å². The molecule has 20 heavy (non-hydrogen) atoms. The second-order valence-electron chi connectivity index (χ2n) is 5.18. The maximum Gasteiger partial charge on any atom is 0.330 e. The minimum Gasteiger partial charge on any atom is -0.456 e. The van der Waals surface area contributed by atoms with Gasteiger partial charge in [-0.25, -0.2) is 4.79 Å². The lowest BCUT2D eigenvalue weighted by atomic mass is 10.1. The molecule has 0 aliphatic carbocycles. The smallest absolute Gasteiger partial charge is 0.330 e. The van der Waals surface area contributed by atoms with E-state index in [-0.39, 0.29) is 12.0 Å². The highest BCUT2D eigenvalue weighted by atomic mass is 16.5. The summed E-state index contributed by atoms with van der Waals surface area (Å²) in [5, 5.41) is 0. The Labute approximate surface area is 122 Å². The second-order valence-corrected chi connectivity index (χ2v) is 5.18. The molecule has 1 unspecified atom stereocenters. The first-order chi connectivity index (χ1) is 9.57. The van der Waals surface area contributed by atoms with Crippen molar-refractivity contribution in [3.05, 3.63) is 48.6 Å². The Bertz CT molecular complexity index is 424. The van der Waals surface area contributed by atoms with Crippen LogP contribution in [0.4, 0.5) is 0 Å². The van der Waals surface area contributed by atoms with Gasteiger partial charge in [0.2, 0.25) is 0 Å². The van der Waals surface area contributed by atoms with E-state index in [1.54, 1.807) is 0 Å². The van der Waals surface area contributed by atoms with E-state index < -0.39 is 0 Å². The summed E-state index contributed by atoms with van der Waals surface area (Å²) < 4.78 is 6.14. The number of hydrogen-bond acceptors (Lipinski definition) is 2. The molecule has 0 amide bonds. The summed E-state index contributed by atoms with van der Waals surface area (Å²) in [4.78, 5) is 11.2. The summed E-state index contributed by atoms with van der Waals surface area (Å²) in [5.41, 5.74) is 1.32. The molecule has 3 nitrogen and oxygen atoms in total. The molecule has 0 fully saturated rings.